The summed E-state index contributed by atoms with van der Waals surface area (Å²) in [7, 11) is 1.64. The van der Waals surface area contributed by atoms with Crippen LogP contribution in [0.2, 0.25) is 0 Å². The van der Waals surface area contributed by atoms with Crippen LogP contribution in [-0.2, 0) is 11.3 Å². The Morgan fingerprint density at radius 1 is 0.886 bits per heavy atom. The second kappa shape index (κ2) is 12.4. The van der Waals surface area contributed by atoms with Gasteiger partial charge in [0.1, 0.15) is 11.4 Å². The molecule has 44 heavy (non-hydrogen) atoms. The van der Waals surface area contributed by atoms with Crippen LogP contribution < -0.4 is 10.1 Å². The highest BCUT2D eigenvalue weighted by atomic mass is 16.6. The molecule has 0 aliphatic carbocycles. The summed E-state index contributed by atoms with van der Waals surface area (Å²) in [6.45, 7) is 12.5. The van der Waals surface area contributed by atoms with Gasteiger partial charge in [0.25, 0.3) is 5.91 Å². The van der Waals surface area contributed by atoms with Gasteiger partial charge in [-0.3, -0.25) is 4.79 Å². The van der Waals surface area contributed by atoms with E-state index in [4.69, 9.17) is 9.47 Å². The Hall–Kier alpha value is -4.84. The molecule has 0 aliphatic rings. The molecule has 1 N–H and O–H groups in total. The number of hydrogen-bond acceptors (Lipinski definition) is 4. The van der Waals surface area contributed by atoms with Crippen molar-refractivity contribution >= 4 is 22.8 Å². The van der Waals surface area contributed by atoms with Gasteiger partial charge in [0.15, 0.2) is 0 Å². The third-order valence-electron chi connectivity index (χ3n) is 8.02. The number of esters is 1. The van der Waals surface area contributed by atoms with Gasteiger partial charge < -0.3 is 19.4 Å². The van der Waals surface area contributed by atoms with E-state index in [0.717, 1.165) is 50.2 Å². The van der Waals surface area contributed by atoms with Crippen molar-refractivity contribution in [1.29, 1.82) is 0 Å². The van der Waals surface area contributed by atoms with Gasteiger partial charge in [-0.05, 0) is 106 Å². The Kier molecular flexibility index (Phi) is 8.63. The number of methoxy groups -OCH3 is 1. The van der Waals surface area contributed by atoms with E-state index < -0.39 is 5.60 Å². The van der Waals surface area contributed by atoms with Gasteiger partial charge in [0.05, 0.1) is 18.7 Å². The average Bonchev–Trinajstić information content (AvgIpc) is 3.24. The van der Waals surface area contributed by atoms with Crippen molar-refractivity contribution in [1.82, 2.24) is 9.88 Å². The molecule has 0 bridgehead atoms. The summed E-state index contributed by atoms with van der Waals surface area (Å²) in [5, 5.41) is 4.19. The Bertz CT molecular complexity index is 1810. The number of carbonyl (C=O) groups excluding carboxylic acids is 2. The summed E-state index contributed by atoms with van der Waals surface area (Å²) in [6, 6.07) is 29.4. The summed E-state index contributed by atoms with van der Waals surface area (Å²) in [5.41, 5.74) is 7.96. The number of aromatic nitrogens is 1. The number of benzene rings is 4. The summed E-state index contributed by atoms with van der Waals surface area (Å²) >= 11 is 0. The molecule has 5 rings (SSSR count). The van der Waals surface area contributed by atoms with Gasteiger partial charge in [0.2, 0.25) is 0 Å². The second-order valence-corrected chi connectivity index (χ2v) is 12.2. The second-order valence-electron chi connectivity index (χ2n) is 12.2. The Morgan fingerprint density at radius 2 is 1.57 bits per heavy atom. The normalized spacial score (nSPS) is 12.2. The molecule has 0 saturated carbocycles. The lowest BCUT2D eigenvalue weighted by Crippen LogP contribution is -2.26. The summed E-state index contributed by atoms with van der Waals surface area (Å²) in [5.74, 6) is 0.347. The number of ether oxygens (including phenoxy) is 2. The molecule has 6 heteroatoms. The number of amides is 1. The van der Waals surface area contributed by atoms with Crippen molar-refractivity contribution in [2.45, 2.75) is 59.7 Å². The van der Waals surface area contributed by atoms with Gasteiger partial charge in [-0.15, -0.1) is 0 Å². The zero-order chi connectivity index (χ0) is 31.6. The highest BCUT2D eigenvalue weighted by Gasteiger charge is 2.21. The van der Waals surface area contributed by atoms with Crippen LogP contribution in [0, 0.1) is 13.8 Å². The van der Waals surface area contributed by atoms with Crippen LogP contribution in [0.4, 0.5) is 0 Å². The molecule has 1 amide bonds. The first-order valence-electron chi connectivity index (χ1n) is 14.9. The topological polar surface area (TPSA) is 69.6 Å². The highest BCUT2D eigenvalue weighted by Crippen LogP contribution is 2.30. The molecule has 0 fully saturated rings. The molecule has 0 radical (unpaired) electrons. The lowest BCUT2D eigenvalue weighted by molar-refractivity contribution is 0.00703. The number of nitrogens with one attached hydrogen (secondary N) is 1. The quantitative estimate of drug-likeness (QED) is 0.185. The molecular weight excluding hydrogens is 548 g/mol. The van der Waals surface area contributed by atoms with Gasteiger partial charge in [-0.2, -0.15) is 0 Å². The van der Waals surface area contributed by atoms with E-state index in [-0.39, 0.29) is 17.9 Å². The maximum Gasteiger partial charge on any atom is 0.339 e. The van der Waals surface area contributed by atoms with Crippen molar-refractivity contribution in [2.75, 3.05) is 7.11 Å². The standard InChI is InChI=1S/C38H40N2O4/c1-24-26(3)40(23-27-12-14-29(15-13-27)32-10-8-9-11-33(32)37(42)44-38(4,5)6)35-21-18-30(22-34(24)35)36(41)39-25(2)28-16-19-31(43-7)20-17-28/h8-22,25H,23H2,1-7H3,(H,39,41). The first-order chi connectivity index (χ1) is 20.9. The smallest absolute Gasteiger partial charge is 0.339 e. The van der Waals surface area contributed by atoms with Gasteiger partial charge in [-0.25, -0.2) is 4.79 Å². The minimum atomic E-state index is -0.566. The van der Waals surface area contributed by atoms with Crippen LogP contribution in [-0.4, -0.2) is 29.2 Å². The maximum absolute atomic E-state index is 13.2. The number of rotatable bonds is 8. The van der Waals surface area contributed by atoms with E-state index in [9.17, 15) is 9.59 Å². The number of nitrogens with zero attached hydrogens (tertiary/aromatic N) is 1. The zero-order valence-electron chi connectivity index (χ0n) is 26.5. The third kappa shape index (κ3) is 6.55. The lowest BCUT2D eigenvalue weighted by atomic mass is 9.98. The monoisotopic (exact) mass is 588 g/mol. The SMILES string of the molecule is COc1ccc(C(C)NC(=O)c2ccc3c(c2)c(C)c(C)n3Cc2ccc(-c3ccccc3C(=O)OC(C)(C)C)cc2)cc1. The molecule has 0 saturated heterocycles. The number of fused-ring (bicyclic) bond motifs is 1. The molecule has 1 atom stereocenters. The van der Waals surface area contributed by atoms with Crippen LogP contribution in [0.5, 0.6) is 5.75 Å². The van der Waals surface area contributed by atoms with Crippen LogP contribution in [0.3, 0.4) is 0 Å². The predicted octanol–water partition coefficient (Wildman–Crippen LogP) is 8.43. The van der Waals surface area contributed by atoms with Crippen LogP contribution in [0.15, 0.2) is 91.0 Å². The van der Waals surface area contributed by atoms with Crippen molar-refractivity contribution in [3.05, 3.63) is 125 Å². The maximum atomic E-state index is 13.2. The fraction of sp³-hybridized carbons (Fsp3) is 0.263. The van der Waals surface area contributed by atoms with E-state index in [1.807, 2.05) is 94.4 Å². The fourth-order valence-corrected chi connectivity index (χ4v) is 5.47. The first-order valence-corrected chi connectivity index (χ1v) is 14.9. The van der Waals surface area contributed by atoms with Crippen molar-refractivity contribution in [2.24, 2.45) is 0 Å². The molecule has 0 spiro atoms. The molecule has 1 unspecified atom stereocenters. The number of hydrogen-bond donors (Lipinski definition) is 1. The van der Waals surface area contributed by atoms with Crippen LogP contribution in [0.25, 0.3) is 22.0 Å². The van der Waals surface area contributed by atoms with E-state index >= 15 is 0 Å². The van der Waals surface area contributed by atoms with Gasteiger partial charge >= 0.3 is 5.97 Å². The molecule has 0 aliphatic heterocycles. The largest absolute Gasteiger partial charge is 0.497 e. The minimum absolute atomic E-state index is 0.109. The van der Waals surface area contributed by atoms with Crippen molar-refractivity contribution in [3.8, 4) is 16.9 Å². The van der Waals surface area contributed by atoms with Crippen molar-refractivity contribution < 1.29 is 19.1 Å². The van der Waals surface area contributed by atoms with Crippen LogP contribution in [0.1, 0.15) is 76.8 Å². The summed E-state index contributed by atoms with van der Waals surface area (Å²) in [6.07, 6.45) is 0. The molecular formula is C38H40N2O4. The molecule has 1 aromatic heterocycles. The summed E-state index contributed by atoms with van der Waals surface area (Å²) in [4.78, 5) is 26.1. The third-order valence-corrected chi connectivity index (χ3v) is 8.02. The summed E-state index contributed by atoms with van der Waals surface area (Å²) < 4.78 is 13.2. The molecule has 4 aromatic carbocycles. The van der Waals surface area contributed by atoms with Crippen molar-refractivity contribution in [3.63, 3.8) is 0 Å². The zero-order valence-corrected chi connectivity index (χ0v) is 26.5. The molecule has 1 heterocycles. The van der Waals surface area contributed by atoms with E-state index in [1.54, 1.807) is 7.11 Å². The van der Waals surface area contributed by atoms with Crippen LogP contribution >= 0.6 is 0 Å². The average molecular weight is 589 g/mol. The van der Waals surface area contributed by atoms with E-state index in [1.165, 1.54) is 0 Å². The Morgan fingerprint density at radius 3 is 2.23 bits per heavy atom. The molecule has 226 valence electrons. The molecule has 6 nitrogen and oxygen atoms in total. The fourth-order valence-electron chi connectivity index (χ4n) is 5.47. The first kappa shape index (κ1) is 30.6. The Balaban J connectivity index is 1.35. The number of carbonyl (C=O) groups is 2. The van der Waals surface area contributed by atoms with E-state index in [2.05, 4.69) is 48.0 Å². The number of aryl methyl sites for hydroxylation is 1. The highest BCUT2D eigenvalue weighted by molar-refractivity contribution is 5.99. The van der Waals surface area contributed by atoms with Gasteiger partial charge in [0, 0.05) is 28.7 Å². The minimum Gasteiger partial charge on any atom is -0.497 e. The van der Waals surface area contributed by atoms with E-state index in [0.29, 0.717) is 17.7 Å². The lowest BCUT2D eigenvalue weighted by Gasteiger charge is -2.20. The van der Waals surface area contributed by atoms with Gasteiger partial charge in [-0.1, -0.05) is 54.6 Å². The predicted molar refractivity (Wildman–Crippen MR) is 176 cm³/mol. The Labute approximate surface area is 259 Å². The molecule has 5 aromatic rings.